The molecule has 29 heavy (non-hydrogen) atoms. The molecule has 0 aliphatic heterocycles. The van der Waals surface area contributed by atoms with E-state index in [4.69, 9.17) is 4.74 Å². The van der Waals surface area contributed by atoms with Gasteiger partial charge in [0.2, 0.25) is 0 Å². The Kier molecular flexibility index (Phi) is 6.79. The molecule has 6 heteroatoms. The monoisotopic (exact) mass is 390 g/mol. The molecular formula is C23H26N4O2. The van der Waals surface area contributed by atoms with E-state index in [0.29, 0.717) is 36.4 Å². The van der Waals surface area contributed by atoms with Crippen molar-refractivity contribution in [2.75, 3.05) is 18.5 Å². The Bertz CT molecular complexity index is 941. The average Bonchev–Trinajstić information content (AvgIpc) is 2.74. The number of aromatic nitrogens is 2. The van der Waals surface area contributed by atoms with Crippen molar-refractivity contribution in [1.29, 1.82) is 0 Å². The van der Waals surface area contributed by atoms with E-state index in [-0.39, 0.29) is 5.91 Å². The number of anilines is 2. The molecule has 3 rings (SSSR count). The summed E-state index contributed by atoms with van der Waals surface area (Å²) in [7, 11) is 0. The van der Waals surface area contributed by atoms with Crippen LogP contribution in [-0.2, 0) is 0 Å². The van der Waals surface area contributed by atoms with E-state index < -0.39 is 0 Å². The van der Waals surface area contributed by atoms with E-state index >= 15 is 0 Å². The summed E-state index contributed by atoms with van der Waals surface area (Å²) in [5.41, 5.74) is 2.02. The number of benzene rings is 2. The van der Waals surface area contributed by atoms with Crippen LogP contribution in [0.25, 0.3) is 11.4 Å². The Hall–Kier alpha value is -3.41. The number of hydrogen-bond donors (Lipinski definition) is 2. The fraction of sp³-hybridized carbons (Fsp3) is 0.261. The van der Waals surface area contributed by atoms with Crippen molar-refractivity contribution in [3.05, 3.63) is 66.4 Å². The minimum atomic E-state index is -0.215. The van der Waals surface area contributed by atoms with Gasteiger partial charge in [-0.1, -0.05) is 44.2 Å². The molecule has 6 nitrogen and oxygen atoms in total. The number of ether oxygens (including phenoxy) is 1. The molecule has 0 unspecified atom stereocenters. The molecule has 1 heterocycles. The van der Waals surface area contributed by atoms with Crippen LogP contribution in [0.15, 0.2) is 60.7 Å². The quantitative estimate of drug-likeness (QED) is 0.584. The van der Waals surface area contributed by atoms with Crippen molar-refractivity contribution in [2.24, 2.45) is 5.92 Å². The Morgan fingerprint density at radius 3 is 2.41 bits per heavy atom. The van der Waals surface area contributed by atoms with Gasteiger partial charge >= 0.3 is 0 Å². The van der Waals surface area contributed by atoms with Crippen LogP contribution in [0.5, 0.6) is 5.75 Å². The van der Waals surface area contributed by atoms with Crippen molar-refractivity contribution in [3.63, 3.8) is 0 Å². The van der Waals surface area contributed by atoms with Crippen LogP contribution in [0, 0.1) is 5.92 Å². The normalized spacial score (nSPS) is 10.6. The molecule has 0 saturated heterocycles. The highest BCUT2D eigenvalue weighted by atomic mass is 16.5. The van der Waals surface area contributed by atoms with E-state index in [9.17, 15) is 4.79 Å². The molecule has 0 fully saturated rings. The van der Waals surface area contributed by atoms with Crippen molar-refractivity contribution in [3.8, 4) is 17.1 Å². The van der Waals surface area contributed by atoms with E-state index in [1.165, 1.54) is 0 Å². The molecule has 3 aromatic rings. The second-order valence-corrected chi connectivity index (χ2v) is 7.01. The van der Waals surface area contributed by atoms with Crippen molar-refractivity contribution in [2.45, 2.75) is 20.8 Å². The highest BCUT2D eigenvalue weighted by Gasteiger charge is 2.13. The molecule has 0 aliphatic carbocycles. The highest BCUT2D eigenvalue weighted by molar-refractivity contribution is 5.93. The Labute approximate surface area is 171 Å². The van der Waals surface area contributed by atoms with Crippen molar-refractivity contribution >= 4 is 17.4 Å². The van der Waals surface area contributed by atoms with Crippen LogP contribution in [0.1, 0.15) is 31.3 Å². The van der Waals surface area contributed by atoms with Gasteiger partial charge in [-0.15, -0.1) is 0 Å². The third-order valence-corrected chi connectivity index (χ3v) is 4.10. The van der Waals surface area contributed by atoms with Crippen LogP contribution in [-0.4, -0.2) is 29.0 Å². The summed E-state index contributed by atoms with van der Waals surface area (Å²) in [5.74, 6) is 2.00. The van der Waals surface area contributed by atoms with Gasteiger partial charge in [-0.25, -0.2) is 9.97 Å². The zero-order valence-electron chi connectivity index (χ0n) is 17.0. The zero-order valence-corrected chi connectivity index (χ0v) is 17.0. The van der Waals surface area contributed by atoms with E-state index in [2.05, 4.69) is 34.4 Å². The van der Waals surface area contributed by atoms with Crippen LogP contribution < -0.4 is 15.4 Å². The first-order valence-corrected chi connectivity index (χ1v) is 9.77. The first-order valence-electron chi connectivity index (χ1n) is 9.77. The molecule has 0 atom stereocenters. The number of rotatable bonds is 8. The Morgan fingerprint density at radius 1 is 1.03 bits per heavy atom. The van der Waals surface area contributed by atoms with Gasteiger partial charge < -0.3 is 15.4 Å². The highest BCUT2D eigenvalue weighted by Crippen LogP contribution is 2.22. The fourth-order valence-corrected chi connectivity index (χ4v) is 2.68. The van der Waals surface area contributed by atoms with Gasteiger partial charge in [-0.3, -0.25) is 4.79 Å². The molecule has 0 saturated carbocycles. The zero-order chi connectivity index (χ0) is 20.6. The smallest absolute Gasteiger partial charge is 0.270 e. The number of hydrogen-bond acceptors (Lipinski definition) is 5. The van der Waals surface area contributed by atoms with Gasteiger partial charge in [0.1, 0.15) is 17.3 Å². The van der Waals surface area contributed by atoms with E-state index in [1.54, 1.807) is 6.07 Å². The molecule has 0 spiro atoms. The Morgan fingerprint density at radius 2 is 1.76 bits per heavy atom. The maximum absolute atomic E-state index is 12.6. The summed E-state index contributed by atoms with van der Waals surface area (Å²) in [6, 6.07) is 18.9. The largest absolute Gasteiger partial charge is 0.494 e. The fourth-order valence-electron chi connectivity index (χ4n) is 2.68. The van der Waals surface area contributed by atoms with E-state index in [0.717, 1.165) is 17.0 Å². The lowest BCUT2D eigenvalue weighted by Crippen LogP contribution is -2.28. The van der Waals surface area contributed by atoms with Crippen LogP contribution in [0.4, 0.5) is 11.5 Å². The van der Waals surface area contributed by atoms with Gasteiger partial charge in [0.05, 0.1) is 6.61 Å². The maximum atomic E-state index is 12.6. The summed E-state index contributed by atoms with van der Waals surface area (Å²) in [6.07, 6.45) is 0. The van der Waals surface area contributed by atoms with Crippen molar-refractivity contribution < 1.29 is 9.53 Å². The van der Waals surface area contributed by atoms with Gasteiger partial charge in [0.25, 0.3) is 5.91 Å². The molecule has 2 N–H and O–H groups in total. The predicted octanol–water partition coefficient (Wildman–Crippen LogP) is 4.67. The van der Waals surface area contributed by atoms with Crippen LogP contribution >= 0.6 is 0 Å². The Balaban J connectivity index is 1.90. The number of nitrogens with zero attached hydrogens (tertiary/aromatic N) is 2. The number of nitrogens with one attached hydrogen (secondary N) is 2. The number of carbonyl (C=O) groups is 1. The second kappa shape index (κ2) is 9.68. The third kappa shape index (κ3) is 5.78. The topological polar surface area (TPSA) is 76.1 Å². The average molecular weight is 390 g/mol. The summed E-state index contributed by atoms with van der Waals surface area (Å²) in [6.45, 7) is 7.26. The minimum Gasteiger partial charge on any atom is -0.494 e. The third-order valence-electron chi connectivity index (χ3n) is 4.10. The van der Waals surface area contributed by atoms with Gasteiger partial charge in [-0.2, -0.15) is 0 Å². The minimum absolute atomic E-state index is 0.215. The SMILES string of the molecule is CCOc1ccc(Nc2cc(C(=O)NCC(C)C)nc(-c3ccccc3)n2)cc1. The lowest BCUT2D eigenvalue weighted by Gasteiger charge is -2.12. The maximum Gasteiger partial charge on any atom is 0.270 e. The lowest BCUT2D eigenvalue weighted by molar-refractivity contribution is 0.0944. The van der Waals surface area contributed by atoms with Crippen molar-refractivity contribution in [1.82, 2.24) is 15.3 Å². The van der Waals surface area contributed by atoms with Crippen LogP contribution in [0.2, 0.25) is 0 Å². The van der Waals surface area contributed by atoms with Gasteiger partial charge in [0, 0.05) is 23.9 Å². The van der Waals surface area contributed by atoms with Gasteiger partial charge in [-0.05, 0) is 37.1 Å². The summed E-state index contributed by atoms with van der Waals surface area (Å²) >= 11 is 0. The predicted molar refractivity (Wildman–Crippen MR) is 116 cm³/mol. The summed E-state index contributed by atoms with van der Waals surface area (Å²) < 4.78 is 5.48. The molecule has 0 radical (unpaired) electrons. The molecule has 0 bridgehead atoms. The molecule has 1 amide bonds. The molecule has 1 aromatic heterocycles. The summed E-state index contributed by atoms with van der Waals surface area (Å²) in [5, 5.41) is 6.17. The van der Waals surface area contributed by atoms with E-state index in [1.807, 2.05) is 61.5 Å². The number of carbonyl (C=O) groups excluding carboxylic acids is 1. The summed E-state index contributed by atoms with van der Waals surface area (Å²) in [4.78, 5) is 21.7. The molecule has 150 valence electrons. The lowest BCUT2D eigenvalue weighted by atomic mass is 10.2. The first-order chi connectivity index (χ1) is 14.0. The molecule has 2 aromatic carbocycles. The van der Waals surface area contributed by atoms with Crippen LogP contribution in [0.3, 0.4) is 0 Å². The first kappa shape index (κ1) is 20.3. The molecular weight excluding hydrogens is 364 g/mol. The standard InChI is InChI=1S/C23H26N4O2/c1-4-29-19-12-10-18(11-13-19)25-21-14-20(23(28)24-15-16(2)3)26-22(27-21)17-8-6-5-7-9-17/h5-14,16H,4,15H2,1-3H3,(H,24,28)(H,25,26,27). The van der Waals surface area contributed by atoms with Gasteiger partial charge in [0.15, 0.2) is 5.82 Å². The molecule has 0 aliphatic rings. The second-order valence-electron chi connectivity index (χ2n) is 7.01. The number of amides is 1.